The molecule has 104 valence electrons. The van der Waals surface area contributed by atoms with E-state index >= 15 is 0 Å². The first-order valence-electron chi connectivity index (χ1n) is 6.32. The lowest BCUT2D eigenvalue weighted by molar-refractivity contribution is -0.117. The van der Waals surface area contributed by atoms with Gasteiger partial charge < -0.3 is 10.6 Å². The maximum atomic E-state index is 13.0. The Morgan fingerprint density at radius 1 is 1.21 bits per heavy atom. The number of anilines is 1. The standard InChI is InChI=1S/C13H17F2N3O/c14-10-6-11(15)8-12(7-10)17-13(19)9-18-4-1-2-16-3-5-18/h6-8,16H,1-5,9H2,(H,17,19). The topological polar surface area (TPSA) is 44.4 Å². The molecule has 0 bridgehead atoms. The van der Waals surface area contributed by atoms with Crippen molar-refractivity contribution in [1.29, 1.82) is 0 Å². The highest BCUT2D eigenvalue weighted by atomic mass is 19.1. The number of carbonyl (C=O) groups excluding carboxylic acids is 1. The largest absolute Gasteiger partial charge is 0.325 e. The van der Waals surface area contributed by atoms with Gasteiger partial charge in [0.2, 0.25) is 5.91 Å². The van der Waals surface area contributed by atoms with E-state index < -0.39 is 11.6 Å². The van der Waals surface area contributed by atoms with Crippen LogP contribution in [-0.4, -0.2) is 43.5 Å². The second kappa shape index (κ2) is 6.58. The summed E-state index contributed by atoms with van der Waals surface area (Å²) < 4.78 is 26.0. The molecule has 1 amide bonds. The number of carbonyl (C=O) groups is 1. The first-order valence-corrected chi connectivity index (χ1v) is 6.32. The van der Waals surface area contributed by atoms with Gasteiger partial charge in [0.05, 0.1) is 6.54 Å². The molecule has 1 fully saturated rings. The first-order chi connectivity index (χ1) is 9.13. The summed E-state index contributed by atoms with van der Waals surface area (Å²) in [4.78, 5) is 13.8. The van der Waals surface area contributed by atoms with E-state index in [1.165, 1.54) is 0 Å². The van der Waals surface area contributed by atoms with Crippen molar-refractivity contribution < 1.29 is 13.6 Å². The SMILES string of the molecule is O=C(CN1CCCNCC1)Nc1cc(F)cc(F)c1. The van der Waals surface area contributed by atoms with Gasteiger partial charge in [-0.2, -0.15) is 0 Å². The van der Waals surface area contributed by atoms with E-state index in [0.717, 1.165) is 50.8 Å². The summed E-state index contributed by atoms with van der Waals surface area (Å²) in [7, 11) is 0. The Morgan fingerprint density at radius 2 is 1.95 bits per heavy atom. The molecule has 2 N–H and O–H groups in total. The second-order valence-electron chi connectivity index (χ2n) is 4.59. The van der Waals surface area contributed by atoms with Gasteiger partial charge in [-0.05, 0) is 31.6 Å². The van der Waals surface area contributed by atoms with E-state index in [9.17, 15) is 13.6 Å². The number of hydrogen-bond donors (Lipinski definition) is 2. The third kappa shape index (κ3) is 4.57. The number of nitrogens with one attached hydrogen (secondary N) is 2. The van der Waals surface area contributed by atoms with Gasteiger partial charge in [0.15, 0.2) is 0 Å². The highest BCUT2D eigenvalue weighted by Gasteiger charge is 2.13. The van der Waals surface area contributed by atoms with Crippen LogP contribution in [0.5, 0.6) is 0 Å². The minimum Gasteiger partial charge on any atom is -0.325 e. The smallest absolute Gasteiger partial charge is 0.238 e. The summed E-state index contributed by atoms with van der Waals surface area (Å²) in [6, 6.07) is 2.98. The third-order valence-corrected chi connectivity index (χ3v) is 2.95. The second-order valence-corrected chi connectivity index (χ2v) is 4.59. The Balaban J connectivity index is 1.89. The fourth-order valence-corrected chi connectivity index (χ4v) is 2.09. The average Bonchev–Trinajstić information content (AvgIpc) is 2.55. The lowest BCUT2D eigenvalue weighted by Gasteiger charge is -2.18. The van der Waals surface area contributed by atoms with Crippen molar-refractivity contribution in [3.63, 3.8) is 0 Å². The van der Waals surface area contributed by atoms with Crippen LogP contribution >= 0.6 is 0 Å². The van der Waals surface area contributed by atoms with Crippen molar-refractivity contribution in [2.75, 3.05) is 38.0 Å². The van der Waals surface area contributed by atoms with Crippen molar-refractivity contribution >= 4 is 11.6 Å². The summed E-state index contributed by atoms with van der Waals surface area (Å²) in [5.41, 5.74) is 0.149. The molecule has 1 heterocycles. The Bertz CT molecular complexity index is 425. The Hall–Kier alpha value is -1.53. The van der Waals surface area contributed by atoms with E-state index in [1.807, 2.05) is 4.90 Å². The molecule has 19 heavy (non-hydrogen) atoms. The normalized spacial score (nSPS) is 16.9. The van der Waals surface area contributed by atoms with Gasteiger partial charge in [0.25, 0.3) is 0 Å². The van der Waals surface area contributed by atoms with Crippen LogP contribution in [0.3, 0.4) is 0 Å². The van der Waals surface area contributed by atoms with Crippen LogP contribution in [0.1, 0.15) is 6.42 Å². The molecular weight excluding hydrogens is 252 g/mol. The summed E-state index contributed by atoms with van der Waals surface area (Å²) in [5.74, 6) is -1.66. The lowest BCUT2D eigenvalue weighted by Crippen LogP contribution is -2.35. The minimum absolute atomic E-state index is 0.149. The molecule has 1 aliphatic heterocycles. The van der Waals surface area contributed by atoms with Crippen LogP contribution in [0.4, 0.5) is 14.5 Å². The third-order valence-electron chi connectivity index (χ3n) is 2.95. The van der Waals surface area contributed by atoms with Gasteiger partial charge in [-0.15, -0.1) is 0 Å². The van der Waals surface area contributed by atoms with Crippen molar-refractivity contribution in [3.05, 3.63) is 29.8 Å². The van der Waals surface area contributed by atoms with Gasteiger partial charge >= 0.3 is 0 Å². The molecule has 1 aromatic carbocycles. The molecule has 0 aromatic heterocycles. The number of amides is 1. The number of nitrogens with zero attached hydrogens (tertiary/aromatic N) is 1. The summed E-state index contributed by atoms with van der Waals surface area (Å²) in [6.45, 7) is 3.68. The van der Waals surface area contributed by atoms with Crippen molar-refractivity contribution in [3.8, 4) is 0 Å². The van der Waals surface area contributed by atoms with Crippen LogP contribution in [0.25, 0.3) is 0 Å². The van der Waals surface area contributed by atoms with Crippen LogP contribution in [-0.2, 0) is 4.79 Å². The van der Waals surface area contributed by atoms with Gasteiger partial charge in [-0.3, -0.25) is 9.69 Å². The van der Waals surface area contributed by atoms with E-state index in [4.69, 9.17) is 0 Å². The number of hydrogen-bond acceptors (Lipinski definition) is 3. The Kier molecular flexibility index (Phi) is 4.81. The summed E-state index contributed by atoms with van der Waals surface area (Å²) in [5, 5.41) is 5.75. The molecular formula is C13H17F2N3O. The maximum Gasteiger partial charge on any atom is 0.238 e. The molecule has 2 rings (SSSR count). The number of halogens is 2. The summed E-state index contributed by atoms with van der Waals surface area (Å²) in [6.07, 6.45) is 0.988. The van der Waals surface area contributed by atoms with E-state index in [2.05, 4.69) is 10.6 Å². The zero-order chi connectivity index (χ0) is 13.7. The number of rotatable bonds is 3. The van der Waals surface area contributed by atoms with Gasteiger partial charge in [0.1, 0.15) is 11.6 Å². The molecule has 0 unspecified atom stereocenters. The molecule has 0 atom stereocenters. The maximum absolute atomic E-state index is 13.0. The van der Waals surface area contributed by atoms with E-state index in [0.29, 0.717) is 0 Å². The molecule has 0 aliphatic carbocycles. The van der Waals surface area contributed by atoms with Crippen molar-refractivity contribution in [2.45, 2.75) is 6.42 Å². The summed E-state index contributed by atoms with van der Waals surface area (Å²) >= 11 is 0. The molecule has 4 nitrogen and oxygen atoms in total. The fraction of sp³-hybridized carbons (Fsp3) is 0.462. The van der Waals surface area contributed by atoms with Gasteiger partial charge in [0, 0.05) is 24.8 Å². The van der Waals surface area contributed by atoms with E-state index in [-0.39, 0.29) is 18.1 Å². The van der Waals surface area contributed by atoms with Crippen LogP contribution in [0, 0.1) is 11.6 Å². The molecule has 0 saturated carbocycles. The molecule has 6 heteroatoms. The minimum atomic E-state index is -0.700. The van der Waals surface area contributed by atoms with Gasteiger partial charge in [-0.25, -0.2) is 8.78 Å². The zero-order valence-electron chi connectivity index (χ0n) is 10.6. The highest BCUT2D eigenvalue weighted by molar-refractivity contribution is 5.92. The quantitative estimate of drug-likeness (QED) is 0.866. The molecule has 1 saturated heterocycles. The fourth-order valence-electron chi connectivity index (χ4n) is 2.09. The zero-order valence-corrected chi connectivity index (χ0v) is 10.6. The predicted octanol–water partition coefficient (Wildman–Crippen LogP) is 1.20. The van der Waals surface area contributed by atoms with Crippen LogP contribution < -0.4 is 10.6 Å². The van der Waals surface area contributed by atoms with Crippen molar-refractivity contribution in [1.82, 2.24) is 10.2 Å². The molecule has 1 aromatic rings. The molecule has 0 spiro atoms. The highest BCUT2D eigenvalue weighted by Crippen LogP contribution is 2.12. The van der Waals surface area contributed by atoms with Gasteiger partial charge in [-0.1, -0.05) is 0 Å². The van der Waals surface area contributed by atoms with Crippen LogP contribution in [0.15, 0.2) is 18.2 Å². The first kappa shape index (κ1) is 13.9. The Morgan fingerprint density at radius 3 is 2.68 bits per heavy atom. The van der Waals surface area contributed by atoms with Crippen molar-refractivity contribution in [2.24, 2.45) is 0 Å². The molecule has 1 aliphatic rings. The average molecular weight is 269 g/mol. The lowest BCUT2D eigenvalue weighted by atomic mass is 10.3. The van der Waals surface area contributed by atoms with E-state index in [1.54, 1.807) is 0 Å². The van der Waals surface area contributed by atoms with Crippen LogP contribution in [0.2, 0.25) is 0 Å². The predicted molar refractivity (Wildman–Crippen MR) is 68.9 cm³/mol. The monoisotopic (exact) mass is 269 g/mol. The molecule has 0 radical (unpaired) electrons. The number of benzene rings is 1. The Labute approximate surface area is 110 Å².